The minimum Gasteiger partial charge on any atom is -0.342 e. The van der Waals surface area contributed by atoms with Crippen molar-refractivity contribution in [3.63, 3.8) is 0 Å². The molecule has 26 heavy (non-hydrogen) atoms. The van der Waals surface area contributed by atoms with Crippen molar-refractivity contribution in [2.45, 2.75) is 0 Å². The standard InChI is InChI=1S/C20H12N6/c21-10-14-18-17-13(9-16(24-18)11-5-7-23-8-6-11)12-3-1-2-4-15(12)25-20(17)26-19(14)22/h1-9,17H,(H2,22,25,26). The molecule has 6 heteroatoms. The Kier molecular flexibility index (Phi) is 2.97. The molecule has 122 valence electrons. The molecule has 0 spiro atoms. The molecule has 0 saturated heterocycles. The number of nitriles is 1. The topological polar surface area (TPSA) is 97.3 Å². The molecular weight excluding hydrogens is 324 g/mol. The number of nitrogens with one attached hydrogen (secondary N) is 2. The van der Waals surface area contributed by atoms with Gasteiger partial charge < -0.3 is 5.32 Å². The van der Waals surface area contributed by atoms with Gasteiger partial charge in [-0.2, -0.15) is 5.26 Å². The first-order valence-electron chi connectivity index (χ1n) is 8.15. The lowest BCUT2D eigenvalue weighted by molar-refractivity contribution is 0.964. The van der Waals surface area contributed by atoms with Gasteiger partial charge in [0.1, 0.15) is 17.5 Å². The SMILES string of the molecule is N#CC1=C2N=C(c3ccncc3)C=C3c4ccccc4NC(=NC1=N)C32. The van der Waals surface area contributed by atoms with Gasteiger partial charge in [0.2, 0.25) is 0 Å². The molecule has 0 radical (unpaired) electrons. The van der Waals surface area contributed by atoms with Crippen molar-refractivity contribution in [2.24, 2.45) is 15.9 Å². The first kappa shape index (κ1) is 14.5. The van der Waals surface area contributed by atoms with E-state index < -0.39 is 0 Å². The largest absolute Gasteiger partial charge is 0.342 e. The molecule has 0 fully saturated rings. The van der Waals surface area contributed by atoms with Gasteiger partial charge in [-0.1, -0.05) is 18.2 Å². The molecule has 0 bridgehead atoms. The number of benzene rings is 1. The van der Waals surface area contributed by atoms with Crippen LogP contribution in [0.4, 0.5) is 5.69 Å². The molecular formula is C20H12N6. The number of allylic oxidation sites excluding steroid dienone is 1. The monoisotopic (exact) mass is 336 g/mol. The van der Waals surface area contributed by atoms with Crippen LogP contribution in [0.1, 0.15) is 11.1 Å². The van der Waals surface area contributed by atoms with E-state index >= 15 is 0 Å². The van der Waals surface area contributed by atoms with Gasteiger partial charge in [0, 0.05) is 29.2 Å². The second kappa shape index (κ2) is 5.33. The van der Waals surface area contributed by atoms with Crippen molar-refractivity contribution < 1.29 is 0 Å². The van der Waals surface area contributed by atoms with E-state index in [1.165, 1.54) is 0 Å². The Hall–Kier alpha value is -3.85. The number of rotatable bonds is 1. The zero-order valence-corrected chi connectivity index (χ0v) is 13.6. The summed E-state index contributed by atoms with van der Waals surface area (Å²) in [4.78, 5) is 13.1. The highest BCUT2D eigenvalue weighted by Gasteiger charge is 2.40. The number of hydrogen-bond donors (Lipinski definition) is 2. The van der Waals surface area contributed by atoms with Gasteiger partial charge in [0.05, 0.1) is 17.3 Å². The summed E-state index contributed by atoms with van der Waals surface area (Å²) >= 11 is 0. The van der Waals surface area contributed by atoms with E-state index in [1.807, 2.05) is 42.5 Å². The molecule has 3 aliphatic heterocycles. The van der Waals surface area contributed by atoms with Gasteiger partial charge in [-0.15, -0.1) is 0 Å². The van der Waals surface area contributed by atoms with Crippen LogP contribution in [0.5, 0.6) is 0 Å². The molecule has 1 aromatic heterocycles. The molecule has 0 aliphatic carbocycles. The first-order chi connectivity index (χ1) is 12.8. The first-order valence-corrected chi connectivity index (χ1v) is 8.15. The van der Waals surface area contributed by atoms with Crippen molar-refractivity contribution in [3.8, 4) is 6.07 Å². The molecule has 5 rings (SSSR count). The highest BCUT2D eigenvalue weighted by atomic mass is 15.1. The maximum absolute atomic E-state index is 9.58. The minimum absolute atomic E-state index is 0.0558. The van der Waals surface area contributed by atoms with Crippen molar-refractivity contribution in [1.29, 1.82) is 10.7 Å². The van der Waals surface area contributed by atoms with Gasteiger partial charge in [0.25, 0.3) is 0 Å². The van der Waals surface area contributed by atoms with E-state index in [-0.39, 0.29) is 17.3 Å². The zero-order chi connectivity index (χ0) is 17.7. The van der Waals surface area contributed by atoms with Gasteiger partial charge in [-0.3, -0.25) is 15.4 Å². The van der Waals surface area contributed by atoms with Gasteiger partial charge in [-0.05, 0) is 29.8 Å². The van der Waals surface area contributed by atoms with Gasteiger partial charge >= 0.3 is 0 Å². The zero-order valence-electron chi connectivity index (χ0n) is 13.6. The summed E-state index contributed by atoms with van der Waals surface area (Å²) in [6.07, 6.45) is 5.48. The highest BCUT2D eigenvalue weighted by molar-refractivity contribution is 6.26. The maximum Gasteiger partial charge on any atom is 0.166 e. The summed E-state index contributed by atoms with van der Waals surface area (Å²) in [6.45, 7) is 0. The second-order valence-electron chi connectivity index (χ2n) is 6.15. The third-order valence-electron chi connectivity index (χ3n) is 4.70. The van der Waals surface area contributed by atoms with Crippen molar-refractivity contribution in [3.05, 3.63) is 77.3 Å². The highest BCUT2D eigenvalue weighted by Crippen LogP contribution is 2.44. The molecule has 6 nitrogen and oxygen atoms in total. The molecule has 0 saturated carbocycles. The van der Waals surface area contributed by atoms with E-state index in [9.17, 15) is 5.26 Å². The Balaban J connectivity index is 1.82. The summed E-state index contributed by atoms with van der Waals surface area (Å²) in [6, 6.07) is 13.9. The number of dihydropyridines is 2. The van der Waals surface area contributed by atoms with Gasteiger partial charge in [0.15, 0.2) is 5.84 Å². The van der Waals surface area contributed by atoms with Crippen LogP contribution in [-0.2, 0) is 0 Å². The van der Waals surface area contributed by atoms with Crippen molar-refractivity contribution in [2.75, 3.05) is 5.32 Å². The molecule has 2 aromatic rings. The molecule has 4 heterocycles. The Morgan fingerprint density at radius 3 is 2.69 bits per heavy atom. The van der Waals surface area contributed by atoms with Crippen LogP contribution >= 0.6 is 0 Å². The number of pyridine rings is 1. The number of amidine groups is 2. The Morgan fingerprint density at radius 1 is 1.08 bits per heavy atom. The average molecular weight is 336 g/mol. The number of aliphatic imine (C=N–C) groups is 2. The van der Waals surface area contributed by atoms with Crippen molar-refractivity contribution >= 4 is 28.6 Å². The molecule has 1 atom stereocenters. The van der Waals surface area contributed by atoms with Gasteiger partial charge in [-0.25, -0.2) is 4.99 Å². The van der Waals surface area contributed by atoms with E-state index in [2.05, 4.69) is 21.4 Å². The number of nitrogens with zero attached hydrogens (tertiary/aromatic N) is 4. The summed E-state index contributed by atoms with van der Waals surface area (Å²) in [5.41, 5.74) is 5.51. The van der Waals surface area contributed by atoms with Crippen molar-refractivity contribution in [1.82, 2.24) is 4.98 Å². The lowest BCUT2D eigenvalue weighted by atomic mass is 9.79. The molecule has 1 aromatic carbocycles. The molecule has 0 amide bonds. The lowest BCUT2D eigenvalue weighted by Crippen LogP contribution is -2.37. The fourth-order valence-electron chi connectivity index (χ4n) is 3.54. The number of anilines is 1. The molecule has 1 unspecified atom stereocenters. The summed E-state index contributed by atoms with van der Waals surface area (Å²) in [5, 5.41) is 21.0. The second-order valence-corrected chi connectivity index (χ2v) is 6.15. The van der Waals surface area contributed by atoms with E-state index in [1.54, 1.807) is 12.4 Å². The maximum atomic E-state index is 9.58. The molecule has 2 N–H and O–H groups in total. The van der Waals surface area contributed by atoms with E-state index in [4.69, 9.17) is 10.4 Å². The minimum atomic E-state index is -0.251. The Bertz CT molecular complexity index is 1130. The average Bonchev–Trinajstić information content (AvgIpc) is 2.68. The quantitative estimate of drug-likeness (QED) is 0.837. The number of aromatic nitrogens is 1. The van der Waals surface area contributed by atoms with Crippen LogP contribution in [0.3, 0.4) is 0 Å². The Morgan fingerprint density at radius 2 is 1.88 bits per heavy atom. The van der Waals surface area contributed by atoms with Crippen LogP contribution in [0, 0.1) is 22.7 Å². The third-order valence-corrected chi connectivity index (χ3v) is 4.70. The third kappa shape index (κ3) is 1.98. The number of fused-ring (bicyclic) bond motifs is 2. The number of hydrogen-bond acceptors (Lipinski definition) is 5. The van der Waals surface area contributed by atoms with Crippen LogP contribution in [0.25, 0.3) is 5.57 Å². The van der Waals surface area contributed by atoms with E-state index in [0.717, 1.165) is 28.1 Å². The van der Waals surface area contributed by atoms with Crippen LogP contribution in [-0.4, -0.2) is 22.4 Å². The molecule has 3 aliphatic rings. The summed E-state index contributed by atoms with van der Waals surface area (Å²) in [5.74, 6) is 0.338. The Labute approximate surface area is 149 Å². The predicted octanol–water partition coefficient (Wildman–Crippen LogP) is 3.18. The summed E-state index contributed by atoms with van der Waals surface area (Å²) in [7, 11) is 0. The normalized spacial score (nSPS) is 20.0. The number of para-hydroxylation sites is 1. The fraction of sp³-hybridized carbons (Fsp3) is 0.0500. The van der Waals surface area contributed by atoms with E-state index in [0.29, 0.717) is 11.5 Å². The van der Waals surface area contributed by atoms with Crippen LogP contribution < -0.4 is 5.32 Å². The lowest BCUT2D eigenvalue weighted by Gasteiger charge is -2.35. The summed E-state index contributed by atoms with van der Waals surface area (Å²) < 4.78 is 0. The smallest absolute Gasteiger partial charge is 0.166 e. The van der Waals surface area contributed by atoms with Crippen LogP contribution in [0.2, 0.25) is 0 Å². The predicted molar refractivity (Wildman–Crippen MR) is 100 cm³/mol. The fourth-order valence-corrected chi connectivity index (χ4v) is 3.54. The van der Waals surface area contributed by atoms with Crippen LogP contribution in [0.15, 0.2) is 76.1 Å².